The average molecular weight is 380 g/mol. The first-order valence-electron chi connectivity index (χ1n) is 9.58. The molecule has 0 bridgehead atoms. The van der Waals surface area contributed by atoms with Gasteiger partial charge in [0.2, 0.25) is 5.91 Å². The summed E-state index contributed by atoms with van der Waals surface area (Å²) in [4.78, 5) is 11.9. The van der Waals surface area contributed by atoms with E-state index >= 15 is 0 Å². The molecule has 2 N–H and O–H groups in total. The number of carbonyl (C=O) groups is 1. The van der Waals surface area contributed by atoms with Gasteiger partial charge in [-0.05, 0) is 31.5 Å². The molecule has 0 radical (unpaired) electrons. The number of amides is 1. The second-order valence-electron chi connectivity index (χ2n) is 6.84. The van der Waals surface area contributed by atoms with Crippen molar-refractivity contribution in [2.45, 2.75) is 44.9 Å². The maximum absolute atomic E-state index is 11.9. The Balaban J connectivity index is 1.39. The van der Waals surface area contributed by atoms with Crippen molar-refractivity contribution in [1.29, 1.82) is 0 Å². The zero-order valence-electron chi connectivity index (χ0n) is 15.8. The summed E-state index contributed by atoms with van der Waals surface area (Å²) in [5.41, 5.74) is 1.01. The van der Waals surface area contributed by atoms with Crippen LogP contribution in [0.1, 0.15) is 37.1 Å². The third-order valence-electron chi connectivity index (χ3n) is 4.87. The van der Waals surface area contributed by atoms with Crippen molar-refractivity contribution in [2.24, 2.45) is 0 Å². The number of rotatable bonds is 7. The maximum atomic E-state index is 11.9. The number of hydrogen-bond donors (Lipinski definition) is 2. The summed E-state index contributed by atoms with van der Waals surface area (Å²) in [5.74, 6) is 2.05. The van der Waals surface area contributed by atoms with E-state index in [-0.39, 0.29) is 18.0 Å². The van der Waals surface area contributed by atoms with Gasteiger partial charge in [0.15, 0.2) is 0 Å². The van der Waals surface area contributed by atoms with E-state index in [0.29, 0.717) is 18.9 Å². The van der Waals surface area contributed by atoms with Gasteiger partial charge in [0, 0.05) is 36.8 Å². The number of para-hydroxylation sites is 1. The normalized spacial score (nSPS) is 19.4. The molecule has 0 unspecified atom stereocenters. The fourth-order valence-corrected chi connectivity index (χ4v) is 3.39. The van der Waals surface area contributed by atoms with Crippen LogP contribution in [-0.4, -0.2) is 21.7 Å². The van der Waals surface area contributed by atoms with Gasteiger partial charge in [-0.25, -0.2) is 0 Å². The smallest absolute Gasteiger partial charge is 0.290 e. The average Bonchev–Trinajstić information content (AvgIpc) is 3.37. The Morgan fingerprint density at radius 3 is 2.93 bits per heavy atom. The van der Waals surface area contributed by atoms with Crippen molar-refractivity contribution in [3.63, 3.8) is 0 Å². The molecule has 7 heteroatoms. The molecule has 4 rings (SSSR count). The molecule has 0 saturated carbocycles. The van der Waals surface area contributed by atoms with Crippen molar-refractivity contribution in [3.05, 3.63) is 66.2 Å². The van der Waals surface area contributed by atoms with Crippen LogP contribution < -0.4 is 15.4 Å². The lowest BCUT2D eigenvalue weighted by atomic mass is 9.93. The topological polar surface area (TPSA) is 81.3 Å². The molecular formula is C21H24N4O3. The number of carbonyl (C=O) groups excluding carboxylic acids is 1. The summed E-state index contributed by atoms with van der Waals surface area (Å²) in [6.45, 7) is 3.39. The van der Waals surface area contributed by atoms with Gasteiger partial charge in [-0.1, -0.05) is 18.2 Å². The van der Waals surface area contributed by atoms with E-state index in [0.717, 1.165) is 30.0 Å². The first-order valence-corrected chi connectivity index (χ1v) is 9.58. The molecule has 2 aromatic heterocycles. The zero-order valence-corrected chi connectivity index (χ0v) is 15.8. The summed E-state index contributed by atoms with van der Waals surface area (Å²) in [5, 5.41) is 10.9. The van der Waals surface area contributed by atoms with Crippen LogP contribution in [0.4, 0.5) is 0 Å². The van der Waals surface area contributed by atoms with Gasteiger partial charge < -0.3 is 19.8 Å². The van der Waals surface area contributed by atoms with E-state index in [9.17, 15) is 4.79 Å². The summed E-state index contributed by atoms with van der Waals surface area (Å²) in [6.07, 6.45) is 5.09. The highest BCUT2D eigenvalue weighted by molar-refractivity contribution is 5.77. The Bertz CT molecular complexity index is 919. The van der Waals surface area contributed by atoms with Crippen molar-refractivity contribution in [1.82, 2.24) is 20.4 Å². The number of benzene rings is 1. The molecule has 2 atom stereocenters. The molecule has 1 amide bonds. The molecule has 1 aliphatic heterocycles. The summed E-state index contributed by atoms with van der Waals surface area (Å²) in [6, 6.07) is 13.3. The highest BCUT2D eigenvalue weighted by Crippen LogP contribution is 2.26. The Morgan fingerprint density at radius 2 is 2.14 bits per heavy atom. The number of aryl methyl sites for hydroxylation is 1. The summed E-state index contributed by atoms with van der Waals surface area (Å²) in [7, 11) is 0. The molecule has 3 heterocycles. The van der Waals surface area contributed by atoms with Crippen molar-refractivity contribution in [3.8, 4) is 11.7 Å². The molecule has 1 aliphatic rings. The maximum Gasteiger partial charge on any atom is 0.290 e. The van der Waals surface area contributed by atoms with E-state index in [1.165, 1.54) is 0 Å². The second kappa shape index (κ2) is 8.31. The number of ether oxygens (including phenoxy) is 1. The molecule has 1 aromatic carbocycles. The highest BCUT2D eigenvalue weighted by Gasteiger charge is 2.30. The van der Waals surface area contributed by atoms with Crippen LogP contribution in [0.15, 0.2) is 59.3 Å². The van der Waals surface area contributed by atoms with Gasteiger partial charge in [-0.3, -0.25) is 9.48 Å². The van der Waals surface area contributed by atoms with E-state index in [4.69, 9.17) is 9.15 Å². The first-order chi connectivity index (χ1) is 13.7. The SMILES string of the molecule is CCn1cc([C@@H]2NC(=O)CC[C@H]2NCc2ccc(Oc3ccccc3)o2)cn1. The Kier molecular flexibility index (Phi) is 5.43. The van der Waals surface area contributed by atoms with Crippen LogP contribution in [0, 0.1) is 0 Å². The van der Waals surface area contributed by atoms with Gasteiger partial charge >= 0.3 is 0 Å². The van der Waals surface area contributed by atoms with Crippen LogP contribution in [0.5, 0.6) is 11.7 Å². The molecule has 28 heavy (non-hydrogen) atoms. The molecule has 7 nitrogen and oxygen atoms in total. The van der Waals surface area contributed by atoms with E-state index in [1.54, 1.807) is 0 Å². The fraction of sp³-hybridized carbons (Fsp3) is 0.333. The number of piperidine rings is 1. The number of aromatic nitrogens is 2. The van der Waals surface area contributed by atoms with Gasteiger partial charge in [0.05, 0.1) is 18.8 Å². The van der Waals surface area contributed by atoms with Crippen molar-refractivity contribution in [2.75, 3.05) is 0 Å². The molecule has 1 saturated heterocycles. The Morgan fingerprint density at radius 1 is 1.29 bits per heavy atom. The van der Waals surface area contributed by atoms with Gasteiger partial charge in [-0.2, -0.15) is 5.10 Å². The van der Waals surface area contributed by atoms with E-state index in [2.05, 4.69) is 15.7 Å². The standard InChI is InChI=1S/C21H24N4O3/c1-2-25-14-15(12-23-25)21-18(9-10-19(26)24-21)22-13-17-8-11-20(28-17)27-16-6-4-3-5-7-16/h3-8,11-12,14,18,21-22H,2,9-10,13H2,1H3,(H,24,26)/t18-,21+/m1/s1. The third kappa shape index (κ3) is 4.26. The van der Waals surface area contributed by atoms with Crippen LogP contribution in [0.25, 0.3) is 0 Å². The fourth-order valence-electron chi connectivity index (χ4n) is 3.39. The van der Waals surface area contributed by atoms with E-state index in [1.807, 2.05) is 66.5 Å². The van der Waals surface area contributed by atoms with Crippen LogP contribution in [0.2, 0.25) is 0 Å². The van der Waals surface area contributed by atoms with E-state index < -0.39 is 0 Å². The van der Waals surface area contributed by atoms with Crippen LogP contribution in [-0.2, 0) is 17.9 Å². The Hall–Kier alpha value is -3.06. The molecular weight excluding hydrogens is 356 g/mol. The molecule has 0 spiro atoms. The molecule has 146 valence electrons. The number of nitrogens with zero attached hydrogens (tertiary/aromatic N) is 2. The van der Waals surface area contributed by atoms with Crippen molar-refractivity contribution < 1.29 is 13.9 Å². The summed E-state index contributed by atoms with van der Waals surface area (Å²) < 4.78 is 13.3. The number of nitrogens with one attached hydrogen (secondary N) is 2. The lowest BCUT2D eigenvalue weighted by Crippen LogP contribution is -2.48. The lowest BCUT2D eigenvalue weighted by Gasteiger charge is -2.32. The lowest BCUT2D eigenvalue weighted by molar-refractivity contribution is -0.123. The van der Waals surface area contributed by atoms with Gasteiger partial charge in [-0.15, -0.1) is 0 Å². The monoisotopic (exact) mass is 380 g/mol. The minimum Gasteiger partial charge on any atom is -0.429 e. The number of furan rings is 1. The molecule has 1 fully saturated rings. The first kappa shape index (κ1) is 18.3. The minimum absolute atomic E-state index is 0.0730. The highest BCUT2D eigenvalue weighted by atomic mass is 16.6. The van der Waals surface area contributed by atoms with Crippen molar-refractivity contribution >= 4 is 5.91 Å². The van der Waals surface area contributed by atoms with Crippen LogP contribution >= 0.6 is 0 Å². The quantitative estimate of drug-likeness (QED) is 0.657. The predicted octanol–water partition coefficient (Wildman–Crippen LogP) is 3.40. The van der Waals surface area contributed by atoms with Crippen LogP contribution in [0.3, 0.4) is 0 Å². The molecule has 0 aliphatic carbocycles. The Labute approximate surface area is 163 Å². The largest absolute Gasteiger partial charge is 0.429 e. The minimum atomic E-state index is -0.100. The summed E-state index contributed by atoms with van der Waals surface area (Å²) >= 11 is 0. The predicted molar refractivity (Wildman–Crippen MR) is 104 cm³/mol. The molecule has 3 aromatic rings. The number of hydrogen-bond acceptors (Lipinski definition) is 5. The zero-order chi connectivity index (χ0) is 19.3. The second-order valence-corrected chi connectivity index (χ2v) is 6.84. The van der Waals surface area contributed by atoms with Gasteiger partial charge in [0.25, 0.3) is 5.95 Å². The third-order valence-corrected chi connectivity index (χ3v) is 4.87. The van der Waals surface area contributed by atoms with Gasteiger partial charge in [0.1, 0.15) is 11.5 Å².